The van der Waals surface area contributed by atoms with Crippen LogP contribution in [0.1, 0.15) is 31.4 Å². The molecule has 0 bridgehead atoms. The highest BCUT2D eigenvalue weighted by molar-refractivity contribution is 5.35. The van der Waals surface area contributed by atoms with E-state index in [1.165, 1.54) is 0 Å². The van der Waals surface area contributed by atoms with E-state index in [9.17, 15) is 10.1 Å². The minimum Gasteiger partial charge on any atom is -0.315 e. The molecule has 0 saturated carbocycles. The van der Waals surface area contributed by atoms with Crippen molar-refractivity contribution >= 4 is 5.69 Å². The highest BCUT2D eigenvalue weighted by atomic mass is 16.6. The van der Waals surface area contributed by atoms with Gasteiger partial charge >= 0.3 is 0 Å². The Hall–Kier alpha value is -1.46. The van der Waals surface area contributed by atoms with E-state index < -0.39 is 0 Å². The summed E-state index contributed by atoms with van der Waals surface area (Å²) in [6.45, 7) is 6.24. The molecular formula is C14H21N3O2. The van der Waals surface area contributed by atoms with Crippen LogP contribution in [0, 0.1) is 10.1 Å². The number of hydrogen-bond donors (Lipinski definition) is 1. The second-order valence-corrected chi connectivity index (χ2v) is 4.92. The van der Waals surface area contributed by atoms with Gasteiger partial charge in [-0.05, 0) is 24.9 Å². The van der Waals surface area contributed by atoms with Crippen LogP contribution in [-0.4, -0.2) is 36.0 Å². The predicted octanol–water partition coefficient (Wildman–Crippen LogP) is 2.34. The quantitative estimate of drug-likeness (QED) is 0.669. The first-order valence-corrected chi connectivity index (χ1v) is 6.91. The number of benzene rings is 1. The van der Waals surface area contributed by atoms with Crippen molar-refractivity contribution < 1.29 is 4.92 Å². The maximum atomic E-state index is 10.9. The smallest absolute Gasteiger partial charge is 0.269 e. The van der Waals surface area contributed by atoms with Gasteiger partial charge in [0.15, 0.2) is 0 Å². The zero-order valence-electron chi connectivity index (χ0n) is 11.3. The van der Waals surface area contributed by atoms with Crippen molar-refractivity contribution in [3.8, 4) is 0 Å². The van der Waals surface area contributed by atoms with Crippen LogP contribution < -0.4 is 5.32 Å². The van der Waals surface area contributed by atoms with E-state index in [1.54, 1.807) is 18.2 Å². The van der Waals surface area contributed by atoms with Crippen LogP contribution >= 0.6 is 0 Å². The molecule has 5 nitrogen and oxygen atoms in total. The van der Waals surface area contributed by atoms with Crippen molar-refractivity contribution in [3.63, 3.8) is 0 Å². The Morgan fingerprint density at radius 3 is 3.00 bits per heavy atom. The van der Waals surface area contributed by atoms with Gasteiger partial charge in [0, 0.05) is 37.8 Å². The number of hydrogen-bond acceptors (Lipinski definition) is 4. The zero-order valence-corrected chi connectivity index (χ0v) is 11.3. The van der Waals surface area contributed by atoms with Gasteiger partial charge in [-0.25, -0.2) is 0 Å². The fourth-order valence-corrected chi connectivity index (χ4v) is 2.73. The first-order chi connectivity index (χ1) is 9.22. The van der Waals surface area contributed by atoms with Crippen molar-refractivity contribution in [3.05, 3.63) is 39.9 Å². The van der Waals surface area contributed by atoms with Crippen LogP contribution in [0.15, 0.2) is 24.3 Å². The van der Waals surface area contributed by atoms with Crippen LogP contribution in [0.5, 0.6) is 0 Å². The van der Waals surface area contributed by atoms with Gasteiger partial charge in [0.25, 0.3) is 5.69 Å². The fourth-order valence-electron chi connectivity index (χ4n) is 2.73. The summed E-state index contributed by atoms with van der Waals surface area (Å²) in [6, 6.07) is 7.33. The van der Waals surface area contributed by atoms with Crippen molar-refractivity contribution in [1.82, 2.24) is 10.2 Å². The summed E-state index contributed by atoms with van der Waals surface area (Å²) in [7, 11) is 0. The van der Waals surface area contributed by atoms with Gasteiger partial charge in [-0.2, -0.15) is 0 Å². The van der Waals surface area contributed by atoms with Crippen LogP contribution in [-0.2, 0) is 0 Å². The molecule has 1 unspecified atom stereocenters. The van der Waals surface area contributed by atoms with E-state index in [0.29, 0.717) is 0 Å². The van der Waals surface area contributed by atoms with Crippen LogP contribution in [0.4, 0.5) is 5.69 Å². The summed E-state index contributed by atoms with van der Waals surface area (Å²) in [5, 5.41) is 14.3. The van der Waals surface area contributed by atoms with Gasteiger partial charge in [0.2, 0.25) is 0 Å². The van der Waals surface area contributed by atoms with Crippen molar-refractivity contribution in [2.24, 2.45) is 0 Å². The molecule has 1 aliphatic heterocycles. The molecule has 1 N–H and O–H groups in total. The first-order valence-electron chi connectivity index (χ1n) is 6.91. The van der Waals surface area contributed by atoms with E-state index in [1.807, 2.05) is 6.07 Å². The second kappa shape index (κ2) is 6.63. The number of nitrogens with one attached hydrogen (secondary N) is 1. The number of nitrogens with zero attached hydrogens (tertiary/aromatic N) is 2. The summed E-state index contributed by atoms with van der Waals surface area (Å²) in [4.78, 5) is 13.0. The maximum absolute atomic E-state index is 10.9. The summed E-state index contributed by atoms with van der Waals surface area (Å²) >= 11 is 0. The second-order valence-electron chi connectivity index (χ2n) is 4.92. The lowest BCUT2D eigenvalue weighted by Gasteiger charge is -2.29. The van der Waals surface area contributed by atoms with E-state index in [2.05, 4.69) is 17.1 Å². The molecule has 0 radical (unpaired) electrons. The minimum absolute atomic E-state index is 0.184. The van der Waals surface area contributed by atoms with Gasteiger partial charge in [-0.1, -0.05) is 19.1 Å². The van der Waals surface area contributed by atoms with Gasteiger partial charge < -0.3 is 5.32 Å². The first kappa shape index (κ1) is 14.0. The van der Waals surface area contributed by atoms with Crippen LogP contribution in [0.3, 0.4) is 0 Å². The lowest BCUT2D eigenvalue weighted by atomic mass is 10.0. The topological polar surface area (TPSA) is 58.4 Å². The Morgan fingerprint density at radius 1 is 1.42 bits per heavy atom. The zero-order chi connectivity index (χ0) is 13.7. The SMILES string of the molecule is CCC(c1cccc([N+](=O)[O-])c1)N1CCCNCC1. The van der Waals surface area contributed by atoms with Crippen molar-refractivity contribution in [2.75, 3.05) is 26.2 Å². The van der Waals surface area contributed by atoms with Gasteiger partial charge in [0.1, 0.15) is 0 Å². The van der Waals surface area contributed by atoms with Gasteiger partial charge in [-0.15, -0.1) is 0 Å². The Morgan fingerprint density at radius 2 is 2.26 bits per heavy atom. The van der Waals surface area contributed by atoms with Crippen molar-refractivity contribution in [2.45, 2.75) is 25.8 Å². The molecule has 1 fully saturated rings. The van der Waals surface area contributed by atoms with Crippen molar-refractivity contribution in [1.29, 1.82) is 0 Å². The Balaban J connectivity index is 2.20. The molecule has 0 spiro atoms. The average molecular weight is 263 g/mol. The number of nitro benzene ring substituents is 1. The number of non-ortho nitro benzene ring substituents is 1. The fraction of sp³-hybridized carbons (Fsp3) is 0.571. The standard InChI is InChI=1S/C14H21N3O2/c1-2-14(16-9-4-7-15-8-10-16)12-5-3-6-13(11-12)17(18)19/h3,5-6,11,14-15H,2,4,7-10H2,1H3. The molecule has 1 saturated heterocycles. The lowest BCUT2D eigenvalue weighted by molar-refractivity contribution is -0.385. The molecule has 19 heavy (non-hydrogen) atoms. The van der Waals surface area contributed by atoms with Gasteiger partial charge in [-0.3, -0.25) is 15.0 Å². The molecule has 1 aromatic rings. The molecule has 0 aromatic heterocycles. The van der Waals surface area contributed by atoms with E-state index in [-0.39, 0.29) is 16.7 Å². The predicted molar refractivity (Wildman–Crippen MR) is 75.2 cm³/mol. The average Bonchev–Trinajstić information content (AvgIpc) is 2.69. The molecule has 5 heteroatoms. The Bertz CT molecular complexity index is 428. The highest BCUT2D eigenvalue weighted by Gasteiger charge is 2.21. The summed E-state index contributed by atoms with van der Waals surface area (Å²) in [5.41, 5.74) is 1.24. The molecule has 104 valence electrons. The highest BCUT2D eigenvalue weighted by Crippen LogP contribution is 2.27. The van der Waals surface area contributed by atoms with E-state index in [4.69, 9.17) is 0 Å². The molecule has 1 heterocycles. The third kappa shape index (κ3) is 3.52. The third-order valence-electron chi connectivity index (χ3n) is 3.67. The molecule has 2 rings (SSSR count). The molecule has 1 aliphatic rings. The molecule has 0 amide bonds. The van der Waals surface area contributed by atoms with Gasteiger partial charge in [0.05, 0.1) is 4.92 Å². The van der Waals surface area contributed by atoms with E-state index >= 15 is 0 Å². The summed E-state index contributed by atoms with van der Waals surface area (Å²) in [6.07, 6.45) is 2.10. The summed E-state index contributed by atoms with van der Waals surface area (Å²) in [5.74, 6) is 0. The van der Waals surface area contributed by atoms with E-state index in [0.717, 1.165) is 44.6 Å². The largest absolute Gasteiger partial charge is 0.315 e. The normalized spacial score (nSPS) is 18.8. The molecule has 0 aliphatic carbocycles. The Labute approximate surface area is 113 Å². The maximum Gasteiger partial charge on any atom is 0.269 e. The molecule has 1 aromatic carbocycles. The minimum atomic E-state index is -0.319. The number of nitro groups is 1. The monoisotopic (exact) mass is 263 g/mol. The third-order valence-corrected chi connectivity index (χ3v) is 3.67. The Kier molecular flexibility index (Phi) is 4.87. The lowest BCUT2D eigenvalue weighted by Crippen LogP contribution is -2.32. The van der Waals surface area contributed by atoms with Crippen LogP contribution in [0.25, 0.3) is 0 Å². The number of rotatable bonds is 4. The molecular weight excluding hydrogens is 242 g/mol. The van der Waals surface area contributed by atoms with Crippen LogP contribution in [0.2, 0.25) is 0 Å². The summed E-state index contributed by atoms with van der Waals surface area (Å²) < 4.78 is 0. The molecule has 1 atom stereocenters.